The Morgan fingerprint density at radius 2 is 2.29 bits per heavy atom. The Labute approximate surface area is 100 Å². The minimum atomic E-state index is -0.257. The molecule has 0 unspecified atom stereocenters. The lowest BCUT2D eigenvalue weighted by molar-refractivity contribution is -0.119. The van der Waals surface area contributed by atoms with Gasteiger partial charge < -0.3 is 11.1 Å². The molecule has 3 N–H and O–H groups in total. The van der Waals surface area contributed by atoms with Crippen LogP contribution in [0.5, 0.6) is 0 Å². The van der Waals surface area contributed by atoms with Crippen LogP contribution >= 0.6 is 0 Å². The molecule has 0 saturated carbocycles. The average Bonchev–Trinajstić information content (AvgIpc) is 2.32. The maximum atomic E-state index is 10.8. The molecule has 0 spiro atoms. The van der Waals surface area contributed by atoms with Crippen molar-refractivity contribution in [2.75, 3.05) is 25.0 Å². The number of nitrogens with zero attached hydrogens (tertiary/aromatic N) is 3. The monoisotopic (exact) mass is 235 g/mol. The number of carbonyl (C=O) groups is 1. The van der Waals surface area contributed by atoms with Crippen LogP contribution in [0.2, 0.25) is 0 Å². The third-order valence-electron chi connectivity index (χ3n) is 2.90. The summed E-state index contributed by atoms with van der Waals surface area (Å²) in [5.74, 6) is 0.598. The first-order chi connectivity index (χ1) is 8.24. The summed E-state index contributed by atoms with van der Waals surface area (Å²) in [5, 5.41) is 3.36. The minimum Gasteiger partial charge on any atom is -0.369 e. The number of amides is 1. The smallest absolute Gasteiger partial charge is 0.231 e. The predicted octanol–water partition coefficient (Wildman–Crippen LogP) is -0.162. The van der Waals surface area contributed by atoms with Gasteiger partial charge in [0, 0.05) is 25.3 Å². The molecule has 2 heterocycles. The van der Waals surface area contributed by atoms with Gasteiger partial charge in [0.15, 0.2) is 0 Å². The van der Waals surface area contributed by atoms with Gasteiger partial charge in [0.25, 0.3) is 0 Å². The van der Waals surface area contributed by atoms with Gasteiger partial charge in [-0.2, -0.15) is 0 Å². The molecule has 0 bridgehead atoms. The van der Waals surface area contributed by atoms with Crippen molar-refractivity contribution in [3.8, 4) is 0 Å². The van der Waals surface area contributed by atoms with E-state index in [4.69, 9.17) is 5.73 Å². The number of piperidine rings is 1. The zero-order valence-electron chi connectivity index (χ0n) is 9.67. The topological polar surface area (TPSA) is 84.1 Å². The quantitative estimate of drug-likeness (QED) is 0.757. The second-order valence-corrected chi connectivity index (χ2v) is 4.26. The van der Waals surface area contributed by atoms with E-state index in [1.807, 2.05) is 6.07 Å². The second-order valence-electron chi connectivity index (χ2n) is 4.26. The Hall–Kier alpha value is -1.69. The highest BCUT2D eigenvalue weighted by Gasteiger charge is 2.19. The van der Waals surface area contributed by atoms with Crippen LogP contribution in [-0.2, 0) is 4.79 Å². The first-order valence-corrected chi connectivity index (χ1v) is 5.77. The minimum absolute atomic E-state index is 0.257. The van der Waals surface area contributed by atoms with Crippen molar-refractivity contribution >= 4 is 11.7 Å². The van der Waals surface area contributed by atoms with Crippen LogP contribution in [0.4, 0.5) is 5.82 Å². The molecule has 1 aliphatic heterocycles. The molecule has 1 fully saturated rings. The van der Waals surface area contributed by atoms with E-state index < -0.39 is 0 Å². The Morgan fingerprint density at radius 3 is 2.88 bits per heavy atom. The number of carbonyl (C=O) groups excluding carboxylic acids is 1. The maximum absolute atomic E-state index is 10.8. The summed E-state index contributed by atoms with van der Waals surface area (Å²) in [4.78, 5) is 20.9. The van der Waals surface area contributed by atoms with Gasteiger partial charge in [0.1, 0.15) is 12.1 Å². The molecule has 1 aromatic heterocycles. The molecule has 6 heteroatoms. The van der Waals surface area contributed by atoms with Gasteiger partial charge >= 0.3 is 0 Å². The molecule has 2 rings (SSSR count). The van der Waals surface area contributed by atoms with E-state index in [-0.39, 0.29) is 5.91 Å². The summed E-state index contributed by atoms with van der Waals surface area (Å²) < 4.78 is 0. The number of aromatic nitrogens is 2. The van der Waals surface area contributed by atoms with Crippen LogP contribution < -0.4 is 11.1 Å². The van der Waals surface area contributed by atoms with Crippen LogP contribution in [0.3, 0.4) is 0 Å². The van der Waals surface area contributed by atoms with E-state index in [0.29, 0.717) is 12.6 Å². The van der Waals surface area contributed by atoms with Crippen molar-refractivity contribution in [2.24, 2.45) is 5.73 Å². The van der Waals surface area contributed by atoms with Crippen molar-refractivity contribution in [1.82, 2.24) is 14.9 Å². The molecule has 17 heavy (non-hydrogen) atoms. The number of hydrogen-bond donors (Lipinski definition) is 2. The van der Waals surface area contributed by atoms with Gasteiger partial charge in [-0.3, -0.25) is 9.69 Å². The van der Waals surface area contributed by atoms with Crippen molar-refractivity contribution in [2.45, 2.75) is 18.9 Å². The van der Waals surface area contributed by atoms with E-state index in [9.17, 15) is 4.79 Å². The van der Waals surface area contributed by atoms with Crippen LogP contribution in [0.1, 0.15) is 12.8 Å². The molecular formula is C11H17N5O. The molecule has 0 atom stereocenters. The summed E-state index contributed by atoms with van der Waals surface area (Å²) in [6.07, 6.45) is 5.25. The number of hydrogen-bond acceptors (Lipinski definition) is 5. The third kappa shape index (κ3) is 3.67. The third-order valence-corrected chi connectivity index (χ3v) is 2.90. The van der Waals surface area contributed by atoms with Gasteiger partial charge in [-0.15, -0.1) is 0 Å². The molecule has 0 aliphatic carbocycles. The van der Waals surface area contributed by atoms with E-state index in [2.05, 4.69) is 20.2 Å². The number of likely N-dealkylation sites (tertiary alicyclic amines) is 1. The highest BCUT2D eigenvalue weighted by Crippen LogP contribution is 2.14. The Morgan fingerprint density at radius 1 is 1.53 bits per heavy atom. The van der Waals surface area contributed by atoms with Crippen LogP contribution in [0.15, 0.2) is 18.6 Å². The van der Waals surface area contributed by atoms with Gasteiger partial charge in [-0.05, 0) is 18.9 Å². The van der Waals surface area contributed by atoms with Gasteiger partial charge in [0.2, 0.25) is 5.91 Å². The molecule has 1 aromatic rings. The number of nitrogens with two attached hydrogens (primary N) is 1. The highest BCUT2D eigenvalue weighted by atomic mass is 16.1. The van der Waals surface area contributed by atoms with Crippen molar-refractivity contribution < 1.29 is 4.79 Å². The lowest BCUT2D eigenvalue weighted by Gasteiger charge is -2.31. The molecule has 1 aliphatic rings. The Bertz CT molecular complexity index is 361. The fourth-order valence-corrected chi connectivity index (χ4v) is 2.04. The molecule has 6 nitrogen and oxygen atoms in total. The first-order valence-electron chi connectivity index (χ1n) is 5.77. The normalized spacial score (nSPS) is 17.9. The van der Waals surface area contributed by atoms with Crippen molar-refractivity contribution in [1.29, 1.82) is 0 Å². The fraction of sp³-hybridized carbons (Fsp3) is 0.545. The number of anilines is 1. The average molecular weight is 235 g/mol. The standard InChI is InChI=1S/C11H17N5O/c12-10(17)7-16-5-2-9(3-6-16)15-11-1-4-13-8-14-11/h1,4,8-9H,2-3,5-7H2,(H2,12,17)(H,13,14,15). The van der Waals surface area contributed by atoms with Gasteiger partial charge in [-0.25, -0.2) is 9.97 Å². The zero-order valence-corrected chi connectivity index (χ0v) is 9.67. The fourth-order valence-electron chi connectivity index (χ4n) is 2.04. The maximum Gasteiger partial charge on any atom is 0.231 e. The number of primary amides is 1. The van der Waals surface area contributed by atoms with Crippen molar-refractivity contribution in [3.05, 3.63) is 18.6 Å². The van der Waals surface area contributed by atoms with Crippen LogP contribution in [-0.4, -0.2) is 46.5 Å². The molecule has 1 amide bonds. The number of rotatable bonds is 4. The lowest BCUT2D eigenvalue weighted by atomic mass is 10.1. The van der Waals surface area contributed by atoms with Gasteiger partial charge in [-0.1, -0.05) is 0 Å². The second kappa shape index (κ2) is 5.58. The van der Waals surface area contributed by atoms with E-state index >= 15 is 0 Å². The van der Waals surface area contributed by atoms with Gasteiger partial charge in [0.05, 0.1) is 6.54 Å². The van der Waals surface area contributed by atoms with Crippen molar-refractivity contribution in [3.63, 3.8) is 0 Å². The Kier molecular flexibility index (Phi) is 3.87. The Balaban J connectivity index is 1.78. The summed E-state index contributed by atoms with van der Waals surface area (Å²) in [6, 6.07) is 2.27. The van der Waals surface area contributed by atoms with Crippen LogP contribution in [0, 0.1) is 0 Å². The molecule has 1 saturated heterocycles. The SMILES string of the molecule is NC(=O)CN1CCC(Nc2ccncn2)CC1. The lowest BCUT2D eigenvalue weighted by Crippen LogP contribution is -2.43. The van der Waals surface area contributed by atoms with E-state index in [1.54, 1.807) is 6.20 Å². The summed E-state index contributed by atoms with van der Waals surface area (Å²) in [6.45, 7) is 2.15. The highest BCUT2D eigenvalue weighted by molar-refractivity contribution is 5.75. The molecule has 0 aromatic carbocycles. The summed E-state index contributed by atoms with van der Waals surface area (Å²) >= 11 is 0. The number of nitrogens with one attached hydrogen (secondary N) is 1. The van der Waals surface area contributed by atoms with E-state index in [0.717, 1.165) is 31.7 Å². The summed E-state index contributed by atoms with van der Waals surface area (Å²) in [5.41, 5.74) is 5.17. The molecular weight excluding hydrogens is 218 g/mol. The molecule has 0 radical (unpaired) electrons. The summed E-state index contributed by atoms with van der Waals surface area (Å²) in [7, 11) is 0. The zero-order chi connectivity index (χ0) is 12.1. The first kappa shape index (κ1) is 11.8. The van der Waals surface area contributed by atoms with E-state index in [1.165, 1.54) is 6.33 Å². The van der Waals surface area contributed by atoms with Crippen LogP contribution in [0.25, 0.3) is 0 Å². The molecule has 92 valence electrons. The predicted molar refractivity (Wildman–Crippen MR) is 64.3 cm³/mol. The largest absolute Gasteiger partial charge is 0.369 e.